The van der Waals surface area contributed by atoms with E-state index in [4.69, 9.17) is 0 Å². The predicted molar refractivity (Wildman–Crippen MR) is 113 cm³/mol. The molecule has 0 aromatic heterocycles. The summed E-state index contributed by atoms with van der Waals surface area (Å²) in [6.07, 6.45) is 5.09. The van der Waals surface area contributed by atoms with Crippen LogP contribution in [0.2, 0.25) is 0 Å². The zero-order valence-corrected chi connectivity index (χ0v) is 18.2. The monoisotopic (exact) mass is 412 g/mol. The third kappa shape index (κ3) is 3.95. The van der Waals surface area contributed by atoms with E-state index < -0.39 is 11.6 Å². The van der Waals surface area contributed by atoms with E-state index in [2.05, 4.69) is 54.6 Å². The van der Waals surface area contributed by atoms with Crippen LogP contribution in [0.5, 0.6) is 0 Å². The summed E-state index contributed by atoms with van der Waals surface area (Å²) in [6.45, 7) is 7.32. The lowest BCUT2D eigenvalue weighted by Crippen LogP contribution is -2.52. The Kier molecular flexibility index (Phi) is 5.57. The van der Waals surface area contributed by atoms with Gasteiger partial charge < -0.3 is 5.32 Å². The highest BCUT2D eigenvalue weighted by atomic mass is 16.2. The van der Waals surface area contributed by atoms with Gasteiger partial charge in [-0.05, 0) is 70.4 Å². The van der Waals surface area contributed by atoms with Gasteiger partial charge in [0.25, 0.3) is 11.8 Å². The van der Waals surface area contributed by atoms with E-state index in [1.807, 2.05) is 0 Å². The molecule has 7 nitrogen and oxygen atoms in total. The fraction of sp³-hybridized carbons (Fsp3) is 0.609. The molecule has 3 fully saturated rings. The molecule has 1 aliphatic carbocycles. The highest BCUT2D eigenvalue weighted by Gasteiger charge is 2.53. The van der Waals surface area contributed by atoms with Crippen molar-refractivity contribution >= 4 is 17.8 Å². The fourth-order valence-corrected chi connectivity index (χ4v) is 5.26. The molecule has 1 spiro atoms. The highest BCUT2D eigenvalue weighted by Crippen LogP contribution is 2.36. The van der Waals surface area contributed by atoms with Crippen molar-refractivity contribution in [2.45, 2.75) is 70.9 Å². The molecule has 2 aliphatic heterocycles. The number of rotatable bonds is 4. The van der Waals surface area contributed by atoms with Crippen molar-refractivity contribution < 1.29 is 14.4 Å². The number of carbonyl (C=O) groups excluding carboxylic acids is 3. The Morgan fingerprint density at radius 1 is 1.13 bits per heavy atom. The Balaban J connectivity index is 1.40. The number of urea groups is 1. The lowest BCUT2D eigenvalue weighted by atomic mass is 9.77. The van der Waals surface area contributed by atoms with Crippen molar-refractivity contribution in [3.05, 3.63) is 34.9 Å². The quantitative estimate of drug-likeness (QED) is 0.745. The molecule has 1 aromatic rings. The summed E-state index contributed by atoms with van der Waals surface area (Å²) < 4.78 is 0. The van der Waals surface area contributed by atoms with Crippen molar-refractivity contribution in [3.63, 3.8) is 0 Å². The molecule has 1 unspecified atom stereocenters. The van der Waals surface area contributed by atoms with Gasteiger partial charge >= 0.3 is 6.03 Å². The second kappa shape index (κ2) is 8.02. The molecule has 2 heterocycles. The lowest BCUT2D eigenvalue weighted by molar-refractivity contribution is -0.140. The molecule has 30 heavy (non-hydrogen) atoms. The Morgan fingerprint density at radius 3 is 2.47 bits per heavy atom. The zero-order chi connectivity index (χ0) is 21.5. The average Bonchev–Trinajstić information content (AvgIpc) is 3.22. The van der Waals surface area contributed by atoms with Crippen LogP contribution in [0.4, 0.5) is 4.79 Å². The van der Waals surface area contributed by atoms with Crippen LogP contribution in [-0.2, 0) is 9.59 Å². The van der Waals surface area contributed by atoms with Crippen molar-refractivity contribution in [2.75, 3.05) is 13.1 Å². The molecular formula is C23H32N4O3. The number of hydrogen-bond donors (Lipinski definition) is 2. The number of hydrogen-bond acceptors (Lipinski definition) is 4. The maximum atomic E-state index is 12.9. The van der Waals surface area contributed by atoms with E-state index in [1.54, 1.807) is 0 Å². The van der Waals surface area contributed by atoms with Gasteiger partial charge in [0.1, 0.15) is 5.54 Å². The maximum Gasteiger partial charge on any atom is 0.344 e. The maximum absolute atomic E-state index is 12.9. The van der Waals surface area contributed by atoms with Gasteiger partial charge in [0.15, 0.2) is 0 Å². The second-order valence-electron chi connectivity index (χ2n) is 9.42. The molecule has 2 saturated heterocycles. The third-order valence-electron chi connectivity index (χ3n) is 6.87. The first kappa shape index (κ1) is 20.8. The van der Waals surface area contributed by atoms with Gasteiger partial charge in [0, 0.05) is 6.04 Å². The van der Waals surface area contributed by atoms with Crippen LogP contribution in [0.1, 0.15) is 68.2 Å². The van der Waals surface area contributed by atoms with E-state index in [-0.39, 0.29) is 24.4 Å². The predicted octanol–water partition coefficient (Wildman–Crippen LogP) is 2.97. The van der Waals surface area contributed by atoms with Crippen LogP contribution in [0.3, 0.4) is 0 Å². The molecule has 162 valence electrons. The first-order valence-corrected chi connectivity index (χ1v) is 11.1. The number of amides is 4. The Bertz CT molecular complexity index is 840. The first-order valence-electron chi connectivity index (χ1n) is 11.1. The van der Waals surface area contributed by atoms with E-state index in [0.29, 0.717) is 18.8 Å². The molecule has 7 heteroatoms. The summed E-state index contributed by atoms with van der Waals surface area (Å²) in [6, 6.07) is 6.17. The minimum atomic E-state index is -0.841. The zero-order valence-electron chi connectivity index (χ0n) is 18.2. The molecule has 4 amide bonds. The van der Waals surface area contributed by atoms with Crippen molar-refractivity contribution in [1.82, 2.24) is 20.7 Å². The molecule has 1 aromatic carbocycles. The SMILES string of the molecule is Cc1cc(C)cc(C2CCCN2CC(=O)NN2C(=O)NC3(CCC(C)CC3)C2=O)c1. The standard InChI is InChI=1S/C23H32N4O3/c1-15-6-8-23(9-7-15)21(29)27(22(30)24-23)25-20(28)14-26-10-4-5-19(26)18-12-16(2)11-17(3)13-18/h11-13,15,19H,4-10,14H2,1-3H3,(H,24,30)(H,25,28). The fourth-order valence-electron chi connectivity index (χ4n) is 5.26. The Labute approximate surface area is 178 Å². The number of hydrazine groups is 1. The van der Waals surface area contributed by atoms with Crippen molar-refractivity contribution in [3.8, 4) is 0 Å². The van der Waals surface area contributed by atoms with Gasteiger partial charge in [-0.3, -0.25) is 19.9 Å². The van der Waals surface area contributed by atoms with Crippen molar-refractivity contribution in [2.24, 2.45) is 5.92 Å². The summed E-state index contributed by atoms with van der Waals surface area (Å²) in [4.78, 5) is 40.3. The third-order valence-corrected chi connectivity index (χ3v) is 6.87. The molecule has 4 rings (SSSR count). The number of nitrogens with one attached hydrogen (secondary N) is 2. The molecule has 2 N–H and O–H groups in total. The van der Waals surface area contributed by atoms with Crippen LogP contribution < -0.4 is 10.7 Å². The number of benzene rings is 1. The Hall–Kier alpha value is -2.41. The second-order valence-corrected chi connectivity index (χ2v) is 9.42. The summed E-state index contributed by atoms with van der Waals surface area (Å²) in [5.74, 6) is -0.0858. The average molecular weight is 413 g/mol. The van der Waals surface area contributed by atoms with Gasteiger partial charge in [0.2, 0.25) is 0 Å². The smallest absolute Gasteiger partial charge is 0.322 e. The molecule has 1 atom stereocenters. The van der Waals surface area contributed by atoms with Crippen LogP contribution in [0.25, 0.3) is 0 Å². The van der Waals surface area contributed by atoms with E-state index >= 15 is 0 Å². The van der Waals surface area contributed by atoms with Gasteiger partial charge in [-0.15, -0.1) is 0 Å². The van der Waals surface area contributed by atoms with Crippen molar-refractivity contribution in [1.29, 1.82) is 0 Å². The number of likely N-dealkylation sites (tertiary alicyclic amines) is 1. The number of nitrogens with zero attached hydrogens (tertiary/aromatic N) is 2. The van der Waals surface area contributed by atoms with Crippen LogP contribution in [0, 0.1) is 19.8 Å². The molecule has 0 bridgehead atoms. The summed E-state index contributed by atoms with van der Waals surface area (Å²) >= 11 is 0. The van der Waals surface area contributed by atoms with Gasteiger partial charge in [-0.25, -0.2) is 4.79 Å². The minimum Gasteiger partial charge on any atom is -0.322 e. The topological polar surface area (TPSA) is 81.8 Å². The first-order chi connectivity index (χ1) is 14.3. The summed E-state index contributed by atoms with van der Waals surface area (Å²) in [5.41, 5.74) is 5.39. The molecule has 3 aliphatic rings. The summed E-state index contributed by atoms with van der Waals surface area (Å²) in [5, 5.41) is 3.75. The molecule has 0 radical (unpaired) electrons. The van der Waals surface area contributed by atoms with E-state index in [0.717, 1.165) is 37.2 Å². The van der Waals surface area contributed by atoms with E-state index in [9.17, 15) is 14.4 Å². The normalized spacial score (nSPS) is 29.5. The molecule has 1 saturated carbocycles. The van der Waals surface area contributed by atoms with Gasteiger partial charge in [-0.1, -0.05) is 36.2 Å². The molecular weight excluding hydrogens is 380 g/mol. The van der Waals surface area contributed by atoms with Gasteiger partial charge in [-0.2, -0.15) is 5.01 Å². The van der Waals surface area contributed by atoms with Crippen LogP contribution in [0.15, 0.2) is 18.2 Å². The number of carbonyl (C=O) groups is 3. The van der Waals surface area contributed by atoms with Crippen LogP contribution >= 0.6 is 0 Å². The van der Waals surface area contributed by atoms with Crippen LogP contribution in [-0.4, -0.2) is 46.4 Å². The summed E-state index contributed by atoms with van der Waals surface area (Å²) in [7, 11) is 0. The highest BCUT2D eigenvalue weighted by molar-refractivity contribution is 6.08. The number of aryl methyl sites for hydroxylation is 2. The lowest BCUT2D eigenvalue weighted by Gasteiger charge is -2.33. The Morgan fingerprint density at radius 2 is 1.80 bits per heavy atom. The van der Waals surface area contributed by atoms with Gasteiger partial charge in [0.05, 0.1) is 6.54 Å². The number of imide groups is 1. The largest absolute Gasteiger partial charge is 0.344 e. The minimum absolute atomic E-state index is 0.165. The van der Waals surface area contributed by atoms with E-state index in [1.165, 1.54) is 16.7 Å².